The first kappa shape index (κ1) is 75.1. The Hall–Kier alpha value is -0.860. The van der Waals surface area contributed by atoms with Crippen LogP contribution >= 0.6 is 0 Å². The van der Waals surface area contributed by atoms with E-state index in [0.29, 0.717) is 12.8 Å². The molecule has 0 aliphatic heterocycles. The van der Waals surface area contributed by atoms with Gasteiger partial charge in [0.2, 0.25) is 0 Å². The fourth-order valence-corrected chi connectivity index (χ4v) is 12.1. The molecule has 0 bridgehead atoms. The third-order valence-electron chi connectivity index (χ3n) is 17.4. The van der Waals surface area contributed by atoms with Gasteiger partial charge in [0.15, 0.2) is 0 Å². The van der Waals surface area contributed by atoms with Crippen molar-refractivity contribution in [3.05, 3.63) is 0 Å². The summed E-state index contributed by atoms with van der Waals surface area (Å²) < 4.78 is 5.11. The molecule has 0 unspecified atom stereocenters. The maximum absolute atomic E-state index is 12.2. The van der Waals surface area contributed by atoms with Crippen LogP contribution in [0.25, 0.3) is 0 Å². The number of hydrogen-bond donors (Lipinski definition) is 0. The monoisotopic (exact) mass is 1070 g/mol. The van der Waals surface area contributed by atoms with E-state index >= 15 is 0 Å². The summed E-state index contributed by atoms with van der Waals surface area (Å²) in [6, 6.07) is 0. The first-order valence-electron chi connectivity index (χ1n) is 36.4. The molecule has 0 spiro atoms. The van der Waals surface area contributed by atoms with Crippen molar-refractivity contribution in [1.82, 2.24) is 0 Å². The van der Waals surface area contributed by atoms with E-state index in [1.807, 2.05) is 0 Å². The molecule has 0 aromatic rings. The van der Waals surface area contributed by atoms with Crippen LogP contribution in [0.5, 0.6) is 0 Å². The fraction of sp³-hybridized carbons (Fsp3) is 0.973. The van der Waals surface area contributed by atoms with E-state index in [4.69, 9.17) is 4.74 Å². The van der Waals surface area contributed by atoms with Gasteiger partial charge in [-0.15, -0.1) is 0 Å². The third kappa shape index (κ3) is 69.2. The van der Waals surface area contributed by atoms with Crippen LogP contribution in [0, 0.1) is 0 Å². The van der Waals surface area contributed by atoms with Crippen molar-refractivity contribution in [3.8, 4) is 0 Å². The number of rotatable bonds is 69. The molecule has 0 saturated heterocycles. The zero-order chi connectivity index (χ0) is 54.7. The normalized spacial score (nSPS) is 11.6. The zero-order valence-corrected chi connectivity index (χ0v) is 53.0. The number of ether oxygens (including phenoxy) is 1. The standard InChI is InChI=1S/C73H144O3/c1-3-5-7-9-11-13-15-17-19-21-23-25-27-29-31-33-35-37-39-41-43-45-47-49-51-53-55-57-59-61-63-65-67-69-71-73(75)76-72(74)70-68-66-64-62-60-58-56-54-52-50-48-46-44-42-40-38-36-34-32-30-28-26-24-22-20-18-16-14-12-10-8-6-4-2/h3-71H2,1-2H3. The number of hydrogen-bond acceptors (Lipinski definition) is 3. The van der Waals surface area contributed by atoms with E-state index in [0.717, 1.165) is 25.7 Å². The maximum Gasteiger partial charge on any atom is 0.313 e. The Kier molecular flexibility index (Phi) is 69.5. The Morgan fingerprint density at radius 3 is 0.355 bits per heavy atom. The lowest BCUT2D eigenvalue weighted by Crippen LogP contribution is -2.11. The highest BCUT2D eigenvalue weighted by Gasteiger charge is 2.10. The third-order valence-corrected chi connectivity index (χ3v) is 17.4. The van der Waals surface area contributed by atoms with Gasteiger partial charge in [-0.3, -0.25) is 9.59 Å². The Labute approximate surface area is 480 Å². The van der Waals surface area contributed by atoms with Crippen LogP contribution in [0.3, 0.4) is 0 Å². The SMILES string of the molecule is CCCCCCCCCCCCCCCCCCCCCCCCCCCCCCCCCCCCC(=O)OC(=O)CCCCCCCCCCCCCCCCCCCCCCCCCCCCCCCCCCC. The second-order valence-corrected chi connectivity index (χ2v) is 25.3. The van der Waals surface area contributed by atoms with Gasteiger partial charge in [-0.25, -0.2) is 0 Å². The molecular weight excluding hydrogens is 925 g/mol. The highest BCUT2D eigenvalue weighted by atomic mass is 16.6. The molecule has 0 radical (unpaired) electrons. The van der Waals surface area contributed by atoms with Gasteiger partial charge in [0.1, 0.15) is 0 Å². The highest BCUT2D eigenvalue weighted by Crippen LogP contribution is 2.20. The first-order chi connectivity index (χ1) is 37.7. The van der Waals surface area contributed by atoms with Crippen molar-refractivity contribution in [1.29, 1.82) is 0 Å². The van der Waals surface area contributed by atoms with Gasteiger partial charge < -0.3 is 4.74 Å². The van der Waals surface area contributed by atoms with Crippen molar-refractivity contribution in [2.75, 3.05) is 0 Å². The smallest absolute Gasteiger partial charge is 0.313 e. The van der Waals surface area contributed by atoms with Crippen LogP contribution in [0.4, 0.5) is 0 Å². The lowest BCUT2D eigenvalue weighted by atomic mass is 10.0. The van der Waals surface area contributed by atoms with E-state index in [-0.39, 0.29) is 11.9 Å². The van der Waals surface area contributed by atoms with Crippen LogP contribution in [0.1, 0.15) is 457 Å². The second-order valence-electron chi connectivity index (χ2n) is 25.3. The molecule has 454 valence electrons. The zero-order valence-electron chi connectivity index (χ0n) is 53.0. The Morgan fingerprint density at radius 2 is 0.250 bits per heavy atom. The summed E-state index contributed by atoms with van der Waals surface area (Å²) in [5.74, 6) is -0.626. The Balaban J connectivity index is 3.21. The van der Waals surface area contributed by atoms with Crippen LogP contribution in [-0.4, -0.2) is 11.9 Å². The van der Waals surface area contributed by atoms with E-state index < -0.39 is 0 Å². The average Bonchev–Trinajstić information content (AvgIpc) is 3.42. The molecular formula is C73H144O3. The molecule has 0 aliphatic carbocycles. The molecule has 0 aromatic carbocycles. The number of carbonyl (C=O) groups excluding carboxylic acids is 2. The van der Waals surface area contributed by atoms with Gasteiger partial charge in [0.25, 0.3) is 0 Å². The van der Waals surface area contributed by atoms with Crippen LogP contribution in [0.2, 0.25) is 0 Å². The lowest BCUT2D eigenvalue weighted by molar-refractivity contribution is -0.159. The van der Waals surface area contributed by atoms with Crippen molar-refractivity contribution < 1.29 is 14.3 Å². The van der Waals surface area contributed by atoms with Gasteiger partial charge in [-0.1, -0.05) is 431 Å². The first-order valence-corrected chi connectivity index (χ1v) is 36.4. The lowest BCUT2D eigenvalue weighted by Gasteiger charge is -2.05. The van der Waals surface area contributed by atoms with Crippen molar-refractivity contribution in [2.24, 2.45) is 0 Å². The maximum atomic E-state index is 12.2. The quantitative estimate of drug-likeness (QED) is 0.0346. The number of carbonyl (C=O) groups is 2. The largest absolute Gasteiger partial charge is 0.393 e. The van der Waals surface area contributed by atoms with Crippen molar-refractivity contribution in [3.63, 3.8) is 0 Å². The van der Waals surface area contributed by atoms with Crippen LogP contribution in [-0.2, 0) is 14.3 Å². The Bertz CT molecular complexity index is 1050. The van der Waals surface area contributed by atoms with Gasteiger partial charge >= 0.3 is 11.9 Å². The van der Waals surface area contributed by atoms with E-state index in [2.05, 4.69) is 13.8 Å². The predicted octanol–water partition coefficient (Wildman–Crippen LogP) is 27.0. The van der Waals surface area contributed by atoms with E-state index in [1.165, 1.54) is 405 Å². The van der Waals surface area contributed by atoms with Gasteiger partial charge in [0.05, 0.1) is 0 Å². The molecule has 0 N–H and O–H groups in total. The summed E-state index contributed by atoms with van der Waals surface area (Å²) in [6.07, 6.45) is 94.9. The average molecular weight is 1070 g/mol. The minimum absolute atomic E-state index is 0.313. The molecule has 0 heterocycles. The predicted molar refractivity (Wildman–Crippen MR) is 341 cm³/mol. The van der Waals surface area contributed by atoms with Gasteiger partial charge in [-0.05, 0) is 12.8 Å². The minimum Gasteiger partial charge on any atom is -0.393 e. The molecule has 0 aliphatic rings. The summed E-state index contributed by atoms with van der Waals surface area (Å²) >= 11 is 0. The summed E-state index contributed by atoms with van der Waals surface area (Å²) in [6.45, 7) is 4.61. The van der Waals surface area contributed by atoms with Crippen LogP contribution < -0.4 is 0 Å². The molecule has 0 saturated carbocycles. The number of unbranched alkanes of at least 4 members (excludes halogenated alkanes) is 65. The van der Waals surface area contributed by atoms with Crippen LogP contribution in [0.15, 0.2) is 0 Å². The molecule has 3 nitrogen and oxygen atoms in total. The number of esters is 2. The van der Waals surface area contributed by atoms with E-state index in [1.54, 1.807) is 0 Å². The fourth-order valence-electron chi connectivity index (χ4n) is 12.1. The molecule has 0 aromatic heterocycles. The van der Waals surface area contributed by atoms with Gasteiger partial charge in [-0.2, -0.15) is 0 Å². The molecule has 76 heavy (non-hydrogen) atoms. The molecule has 0 rings (SSSR count). The highest BCUT2D eigenvalue weighted by molar-refractivity contribution is 5.85. The molecule has 0 amide bonds. The van der Waals surface area contributed by atoms with Crippen molar-refractivity contribution in [2.45, 2.75) is 457 Å². The summed E-state index contributed by atoms with van der Waals surface area (Å²) in [7, 11) is 0. The van der Waals surface area contributed by atoms with E-state index in [9.17, 15) is 9.59 Å². The Morgan fingerprint density at radius 1 is 0.158 bits per heavy atom. The summed E-state index contributed by atoms with van der Waals surface area (Å²) in [5, 5.41) is 0. The molecule has 0 fully saturated rings. The van der Waals surface area contributed by atoms with Crippen molar-refractivity contribution >= 4 is 11.9 Å². The topological polar surface area (TPSA) is 43.4 Å². The minimum atomic E-state index is -0.313. The summed E-state index contributed by atoms with van der Waals surface area (Å²) in [4.78, 5) is 24.3. The summed E-state index contributed by atoms with van der Waals surface area (Å²) in [5.41, 5.74) is 0. The molecule has 3 heteroatoms. The van der Waals surface area contributed by atoms with Gasteiger partial charge in [0, 0.05) is 12.8 Å². The second kappa shape index (κ2) is 70.2. The molecule has 0 atom stereocenters.